The highest BCUT2D eigenvalue weighted by molar-refractivity contribution is 4.93. The summed E-state index contributed by atoms with van der Waals surface area (Å²) in [6, 6.07) is 0. The van der Waals surface area contributed by atoms with E-state index in [9.17, 15) is 20.4 Å². The van der Waals surface area contributed by atoms with E-state index in [0.29, 0.717) is 0 Å². The molecule has 0 aromatic heterocycles. The van der Waals surface area contributed by atoms with E-state index in [0.717, 1.165) is 0 Å². The molecular formula is C16H30O8. The molecule has 0 aromatic carbocycles. The van der Waals surface area contributed by atoms with E-state index in [-0.39, 0.29) is 25.2 Å². The van der Waals surface area contributed by atoms with Crippen LogP contribution in [0.1, 0.15) is 20.8 Å². The molecule has 0 aromatic rings. The molecule has 2 saturated heterocycles. The molecule has 4 N–H and O–H groups in total. The standard InChI is InChI=1S/C16H30O8/c1-7-9(3)22-11(6-18)15(12(7)19)24-16-8(2)13(20)14(21-4)10(5-17)23-16/h7-20H,5-6H2,1-4H3/t7-,8+,9+,10?,11?,12?,13?,14-,15-,16+/m1/s1. The number of rotatable bonds is 5. The summed E-state index contributed by atoms with van der Waals surface area (Å²) in [6.45, 7) is 4.79. The molecule has 2 aliphatic rings. The van der Waals surface area contributed by atoms with E-state index < -0.39 is 48.8 Å². The Balaban J connectivity index is 2.12. The quantitative estimate of drug-likeness (QED) is 0.492. The van der Waals surface area contributed by atoms with E-state index in [1.165, 1.54) is 7.11 Å². The Morgan fingerprint density at radius 2 is 1.38 bits per heavy atom. The van der Waals surface area contributed by atoms with Crippen molar-refractivity contribution in [3.8, 4) is 0 Å². The fourth-order valence-electron chi connectivity index (χ4n) is 3.39. The van der Waals surface area contributed by atoms with Gasteiger partial charge >= 0.3 is 0 Å². The van der Waals surface area contributed by atoms with Gasteiger partial charge in [0, 0.05) is 18.9 Å². The first-order valence-corrected chi connectivity index (χ1v) is 8.42. The maximum atomic E-state index is 10.5. The highest BCUT2D eigenvalue weighted by Crippen LogP contribution is 2.33. The topological polar surface area (TPSA) is 118 Å². The predicted molar refractivity (Wildman–Crippen MR) is 83.2 cm³/mol. The molecule has 0 radical (unpaired) electrons. The second kappa shape index (κ2) is 8.37. The first kappa shape index (κ1) is 20.0. The summed E-state index contributed by atoms with van der Waals surface area (Å²) < 4.78 is 22.5. The minimum atomic E-state index is -0.892. The van der Waals surface area contributed by atoms with Crippen molar-refractivity contribution in [2.24, 2.45) is 11.8 Å². The first-order valence-electron chi connectivity index (χ1n) is 8.42. The maximum Gasteiger partial charge on any atom is 0.163 e. The van der Waals surface area contributed by atoms with Crippen LogP contribution in [0.2, 0.25) is 0 Å². The van der Waals surface area contributed by atoms with Gasteiger partial charge in [-0.25, -0.2) is 0 Å². The van der Waals surface area contributed by atoms with Gasteiger partial charge in [0.05, 0.1) is 31.5 Å². The molecular weight excluding hydrogens is 320 g/mol. The van der Waals surface area contributed by atoms with Crippen molar-refractivity contribution in [1.29, 1.82) is 0 Å². The highest BCUT2D eigenvalue weighted by atomic mass is 16.7. The number of ether oxygens (including phenoxy) is 4. The van der Waals surface area contributed by atoms with Crippen molar-refractivity contribution < 1.29 is 39.4 Å². The summed E-state index contributed by atoms with van der Waals surface area (Å²) in [4.78, 5) is 0. The molecule has 2 rings (SSSR count). The molecule has 2 aliphatic heterocycles. The summed E-state index contributed by atoms with van der Waals surface area (Å²) >= 11 is 0. The Labute approximate surface area is 142 Å². The van der Waals surface area contributed by atoms with Gasteiger partial charge < -0.3 is 39.4 Å². The summed E-state index contributed by atoms with van der Waals surface area (Å²) in [7, 11) is 1.44. The number of hydrogen-bond donors (Lipinski definition) is 4. The van der Waals surface area contributed by atoms with E-state index in [1.54, 1.807) is 6.92 Å². The second-order valence-corrected chi connectivity index (χ2v) is 6.79. The molecule has 0 spiro atoms. The zero-order valence-corrected chi connectivity index (χ0v) is 14.6. The fourth-order valence-corrected chi connectivity index (χ4v) is 3.39. The van der Waals surface area contributed by atoms with Gasteiger partial charge in [0.2, 0.25) is 0 Å². The Bertz CT molecular complexity index is 390. The van der Waals surface area contributed by atoms with Gasteiger partial charge in [0.15, 0.2) is 6.29 Å². The average molecular weight is 350 g/mol. The van der Waals surface area contributed by atoms with Gasteiger partial charge in [-0.1, -0.05) is 13.8 Å². The van der Waals surface area contributed by atoms with Gasteiger partial charge in [0.25, 0.3) is 0 Å². The molecule has 0 amide bonds. The van der Waals surface area contributed by atoms with Crippen LogP contribution in [-0.2, 0) is 18.9 Å². The van der Waals surface area contributed by atoms with Gasteiger partial charge in [-0.15, -0.1) is 0 Å². The zero-order chi connectivity index (χ0) is 18.0. The van der Waals surface area contributed by atoms with Crippen molar-refractivity contribution in [2.75, 3.05) is 20.3 Å². The lowest BCUT2D eigenvalue weighted by Gasteiger charge is -2.47. The Morgan fingerprint density at radius 3 is 1.92 bits per heavy atom. The van der Waals surface area contributed by atoms with Crippen molar-refractivity contribution in [3.63, 3.8) is 0 Å². The maximum absolute atomic E-state index is 10.5. The third kappa shape index (κ3) is 3.76. The summed E-state index contributed by atoms with van der Waals surface area (Å²) in [6.07, 6.45) is -5.69. The van der Waals surface area contributed by atoms with E-state index in [4.69, 9.17) is 18.9 Å². The van der Waals surface area contributed by atoms with Crippen LogP contribution in [-0.4, -0.2) is 89.8 Å². The van der Waals surface area contributed by atoms with Crippen LogP contribution in [0.3, 0.4) is 0 Å². The van der Waals surface area contributed by atoms with Crippen molar-refractivity contribution in [2.45, 2.75) is 69.8 Å². The van der Waals surface area contributed by atoms with Crippen LogP contribution < -0.4 is 0 Å². The normalized spacial score (nSPS) is 50.0. The smallest absolute Gasteiger partial charge is 0.163 e. The average Bonchev–Trinajstić information content (AvgIpc) is 2.58. The lowest BCUT2D eigenvalue weighted by Crippen LogP contribution is -2.60. The van der Waals surface area contributed by atoms with Crippen LogP contribution in [0.4, 0.5) is 0 Å². The van der Waals surface area contributed by atoms with Crippen LogP contribution in [0.5, 0.6) is 0 Å². The van der Waals surface area contributed by atoms with Crippen LogP contribution in [0.15, 0.2) is 0 Å². The minimum absolute atomic E-state index is 0.179. The van der Waals surface area contributed by atoms with Crippen LogP contribution >= 0.6 is 0 Å². The monoisotopic (exact) mass is 350 g/mol. The zero-order valence-electron chi connectivity index (χ0n) is 14.6. The van der Waals surface area contributed by atoms with Gasteiger partial charge in [0.1, 0.15) is 24.4 Å². The number of methoxy groups -OCH3 is 1. The van der Waals surface area contributed by atoms with Crippen LogP contribution in [0.25, 0.3) is 0 Å². The third-order valence-corrected chi connectivity index (χ3v) is 5.27. The molecule has 8 nitrogen and oxygen atoms in total. The third-order valence-electron chi connectivity index (χ3n) is 5.27. The number of aliphatic hydroxyl groups is 4. The molecule has 8 heteroatoms. The molecule has 2 fully saturated rings. The minimum Gasteiger partial charge on any atom is -0.394 e. The summed E-state index contributed by atoms with van der Waals surface area (Å²) in [5, 5.41) is 39.9. The van der Waals surface area contributed by atoms with Crippen molar-refractivity contribution in [1.82, 2.24) is 0 Å². The Morgan fingerprint density at radius 1 is 0.833 bits per heavy atom. The largest absolute Gasteiger partial charge is 0.394 e. The molecule has 0 aliphatic carbocycles. The van der Waals surface area contributed by atoms with E-state index >= 15 is 0 Å². The Kier molecular flexibility index (Phi) is 6.98. The van der Waals surface area contributed by atoms with Crippen LogP contribution in [0, 0.1) is 11.8 Å². The van der Waals surface area contributed by atoms with Crippen molar-refractivity contribution >= 4 is 0 Å². The van der Waals surface area contributed by atoms with Gasteiger partial charge in [-0.3, -0.25) is 0 Å². The second-order valence-electron chi connectivity index (χ2n) is 6.79. The number of aliphatic hydroxyl groups excluding tert-OH is 4. The summed E-state index contributed by atoms with van der Waals surface area (Å²) in [5.41, 5.74) is 0. The van der Waals surface area contributed by atoms with E-state index in [2.05, 4.69) is 0 Å². The van der Waals surface area contributed by atoms with Gasteiger partial charge in [-0.05, 0) is 6.92 Å². The van der Waals surface area contributed by atoms with Crippen molar-refractivity contribution in [3.05, 3.63) is 0 Å². The molecule has 142 valence electrons. The summed E-state index contributed by atoms with van der Waals surface area (Å²) in [5.74, 6) is -0.624. The SMILES string of the molecule is CO[C@@H]1C(CO)O[C@@H](O[C@@H]2C(CO)O[C@@H](C)[C@@H](C)C2O)[C@@H](C)C1O. The number of hydrogen-bond acceptors (Lipinski definition) is 8. The lowest BCUT2D eigenvalue weighted by molar-refractivity contribution is -0.327. The molecule has 24 heavy (non-hydrogen) atoms. The predicted octanol–water partition coefficient (Wildman–Crippen LogP) is -1.12. The first-order chi connectivity index (χ1) is 11.3. The molecule has 2 heterocycles. The lowest BCUT2D eigenvalue weighted by atomic mass is 9.88. The van der Waals surface area contributed by atoms with Gasteiger partial charge in [-0.2, -0.15) is 0 Å². The molecule has 0 bridgehead atoms. The van der Waals surface area contributed by atoms with E-state index in [1.807, 2.05) is 13.8 Å². The Hall–Kier alpha value is -0.320. The fraction of sp³-hybridized carbons (Fsp3) is 1.00. The molecule has 10 atom stereocenters. The highest BCUT2D eigenvalue weighted by Gasteiger charge is 2.48. The molecule has 4 unspecified atom stereocenters. The molecule has 0 saturated carbocycles.